The minimum absolute atomic E-state index is 0.0255. The SMILES string of the molecule is CC(C)(CN)CN=C(Nc1cccnc1)N1CCCCC1. The van der Waals surface area contributed by atoms with Crippen LogP contribution in [0.1, 0.15) is 33.1 Å². The summed E-state index contributed by atoms with van der Waals surface area (Å²) in [4.78, 5) is 11.3. The van der Waals surface area contributed by atoms with E-state index < -0.39 is 0 Å². The number of guanidine groups is 1. The summed E-state index contributed by atoms with van der Waals surface area (Å²) < 4.78 is 0. The molecular weight excluding hydrogens is 262 g/mol. The molecule has 3 N–H and O–H groups in total. The highest BCUT2D eigenvalue weighted by Crippen LogP contribution is 2.16. The van der Waals surface area contributed by atoms with Gasteiger partial charge in [-0.2, -0.15) is 0 Å². The number of aliphatic imine (C=N–C) groups is 1. The standard InChI is InChI=1S/C16H27N5/c1-16(2,12-17)13-19-15(21-9-4-3-5-10-21)20-14-7-6-8-18-11-14/h6-8,11H,3-5,9-10,12-13,17H2,1-2H3,(H,19,20). The molecule has 2 heterocycles. The fourth-order valence-electron chi connectivity index (χ4n) is 2.24. The van der Waals surface area contributed by atoms with E-state index in [0.717, 1.165) is 31.3 Å². The number of nitrogens with zero attached hydrogens (tertiary/aromatic N) is 3. The summed E-state index contributed by atoms with van der Waals surface area (Å²) in [5.41, 5.74) is 6.81. The van der Waals surface area contributed by atoms with E-state index in [2.05, 4.69) is 29.0 Å². The Morgan fingerprint density at radius 1 is 1.38 bits per heavy atom. The second-order valence-electron chi connectivity index (χ2n) is 6.42. The molecule has 21 heavy (non-hydrogen) atoms. The Balaban J connectivity index is 2.11. The predicted molar refractivity (Wildman–Crippen MR) is 88.4 cm³/mol. The number of aromatic nitrogens is 1. The van der Waals surface area contributed by atoms with E-state index in [1.165, 1.54) is 19.3 Å². The monoisotopic (exact) mass is 289 g/mol. The quantitative estimate of drug-likeness (QED) is 0.659. The van der Waals surface area contributed by atoms with Crippen LogP contribution in [0.5, 0.6) is 0 Å². The number of pyridine rings is 1. The molecule has 1 aromatic heterocycles. The van der Waals surface area contributed by atoms with Gasteiger partial charge in [0.15, 0.2) is 5.96 Å². The maximum Gasteiger partial charge on any atom is 0.198 e. The fraction of sp³-hybridized carbons (Fsp3) is 0.625. The van der Waals surface area contributed by atoms with Crippen molar-refractivity contribution in [2.75, 3.05) is 31.5 Å². The summed E-state index contributed by atoms with van der Waals surface area (Å²) in [6.07, 6.45) is 7.38. The summed E-state index contributed by atoms with van der Waals surface area (Å²) >= 11 is 0. The van der Waals surface area contributed by atoms with E-state index >= 15 is 0 Å². The van der Waals surface area contributed by atoms with Crippen LogP contribution in [0.4, 0.5) is 5.69 Å². The lowest BCUT2D eigenvalue weighted by Crippen LogP contribution is -2.41. The number of hydrogen-bond donors (Lipinski definition) is 2. The first-order chi connectivity index (χ1) is 10.1. The van der Waals surface area contributed by atoms with Crippen molar-refractivity contribution in [3.8, 4) is 0 Å². The average Bonchev–Trinajstić information content (AvgIpc) is 2.53. The lowest BCUT2D eigenvalue weighted by atomic mass is 9.94. The fourth-order valence-corrected chi connectivity index (χ4v) is 2.24. The third kappa shape index (κ3) is 5.01. The number of rotatable bonds is 4. The van der Waals surface area contributed by atoms with Crippen LogP contribution >= 0.6 is 0 Å². The predicted octanol–water partition coefficient (Wildman–Crippen LogP) is 2.32. The number of likely N-dealkylation sites (tertiary alicyclic amines) is 1. The van der Waals surface area contributed by atoms with E-state index in [0.29, 0.717) is 6.54 Å². The summed E-state index contributed by atoms with van der Waals surface area (Å²) in [6, 6.07) is 3.94. The Hall–Kier alpha value is -1.62. The second-order valence-corrected chi connectivity index (χ2v) is 6.42. The molecule has 1 fully saturated rings. The van der Waals surface area contributed by atoms with Crippen molar-refractivity contribution in [1.29, 1.82) is 0 Å². The van der Waals surface area contributed by atoms with Crippen LogP contribution in [-0.2, 0) is 0 Å². The lowest BCUT2D eigenvalue weighted by Gasteiger charge is -2.31. The van der Waals surface area contributed by atoms with Crippen molar-refractivity contribution >= 4 is 11.6 Å². The van der Waals surface area contributed by atoms with Crippen LogP contribution in [-0.4, -0.2) is 42.0 Å². The van der Waals surface area contributed by atoms with Gasteiger partial charge < -0.3 is 16.0 Å². The van der Waals surface area contributed by atoms with Crippen LogP contribution < -0.4 is 11.1 Å². The van der Waals surface area contributed by atoms with Crippen molar-refractivity contribution in [1.82, 2.24) is 9.88 Å². The van der Waals surface area contributed by atoms with Gasteiger partial charge in [-0.25, -0.2) is 0 Å². The Bertz CT molecular complexity index is 449. The van der Waals surface area contributed by atoms with Gasteiger partial charge in [0.25, 0.3) is 0 Å². The highest BCUT2D eigenvalue weighted by atomic mass is 15.3. The largest absolute Gasteiger partial charge is 0.343 e. The molecule has 1 aliphatic heterocycles. The first-order valence-electron chi connectivity index (χ1n) is 7.77. The van der Waals surface area contributed by atoms with Crippen LogP contribution in [0.3, 0.4) is 0 Å². The van der Waals surface area contributed by atoms with E-state index in [1.54, 1.807) is 6.20 Å². The molecule has 0 spiro atoms. The van der Waals surface area contributed by atoms with Crippen LogP contribution in [0.25, 0.3) is 0 Å². The number of nitrogens with two attached hydrogens (primary N) is 1. The molecule has 1 saturated heterocycles. The van der Waals surface area contributed by atoms with Crippen molar-refractivity contribution in [2.24, 2.45) is 16.1 Å². The van der Waals surface area contributed by atoms with Gasteiger partial charge in [0.05, 0.1) is 11.9 Å². The summed E-state index contributed by atoms with van der Waals surface area (Å²) in [7, 11) is 0. The van der Waals surface area contributed by atoms with Crippen molar-refractivity contribution in [3.05, 3.63) is 24.5 Å². The minimum Gasteiger partial charge on any atom is -0.343 e. The highest BCUT2D eigenvalue weighted by molar-refractivity contribution is 5.93. The molecule has 0 bridgehead atoms. The van der Waals surface area contributed by atoms with E-state index in [9.17, 15) is 0 Å². The molecule has 0 aromatic carbocycles. The lowest BCUT2D eigenvalue weighted by molar-refractivity contribution is 0.335. The van der Waals surface area contributed by atoms with Gasteiger partial charge in [-0.3, -0.25) is 9.98 Å². The Labute approximate surface area is 127 Å². The second kappa shape index (κ2) is 7.41. The Morgan fingerprint density at radius 3 is 2.76 bits per heavy atom. The van der Waals surface area contributed by atoms with E-state index in [4.69, 9.17) is 10.7 Å². The molecule has 0 unspecified atom stereocenters. The van der Waals surface area contributed by atoms with Crippen molar-refractivity contribution < 1.29 is 0 Å². The minimum atomic E-state index is 0.0255. The zero-order valence-corrected chi connectivity index (χ0v) is 13.2. The first kappa shape index (κ1) is 15.8. The highest BCUT2D eigenvalue weighted by Gasteiger charge is 2.19. The molecule has 1 aromatic rings. The summed E-state index contributed by atoms with van der Waals surface area (Å²) in [5.74, 6) is 0.948. The van der Waals surface area contributed by atoms with Crippen LogP contribution in [0, 0.1) is 5.41 Å². The first-order valence-corrected chi connectivity index (χ1v) is 7.77. The summed E-state index contributed by atoms with van der Waals surface area (Å²) in [5, 5.41) is 3.42. The topological polar surface area (TPSA) is 66.5 Å². The summed E-state index contributed by atoms with van der Waals surface area (Å²) in [6.45, 7) is 7.78. The maximum atomic E-state index is 5.81. The zero-order valence-electron chi connectivity index (χ0n) is 13.2. The Kier molecular flexibility index (Phi) is 5.56. The molecule has 2 rings (SSSR count). The maximum absolute atomic E-state index is 5.81. The number of piperidine rings is 1. The van der Waals surface area contributed by atoms with E-state index in [-0.39, 0.29) is 5.41 Å². The molecule has 0 atom stereocenters. The smallest absolute Gasteiger partial charge is 0.198 e. The molecule has 0 saturated carbocycles. The third-order valence-corrected chi connectivity index (χ3v) is 3.78. The van der Waals surface area contributed by atoms with Gasteiger partial charge in [-0.1, -0.05) is 13.8 Å². The third-order valence-electron chi connectivity index (χ3n) is 3.78. The molecule has 5 nitrogen and oxygen atoms in total. The number of nitrogens with one attached hydrogen (secondary N) is 1. The molecule has 0 amide bonds. The van der Waals surface area contributed by atoms with Gasteiger partial charge >= 0.3 is 0 Å². The van der Waals surface area contributed by atoms with Gasteiger partial charge in [-0.15, -0.1) is 0 Å². The normalized spacial score (nSPS) is 16.9. The van der Waals surface area contributed by atoms with Gasteiger partial charge in [0, 0.05) is 25.8 Å². The average molecular weight is 289 g/mol. The van der Waals surface area contributed by atoms with Gasteiger partial charge in [-0.05, 0) is 43.4 Å². The van der Waals surface area contributed by atoms with Crippen molar-refractivity contribution in [2.45, 2.75) is 33.1 Å². The molecule has 5 heteroatoms. The number of hydrogen-bond acceptors (Lipinski definition) is 3. The molecule has 0 aliphatic carbocycles. The van der Waals surface area contributed by atoms with E-state index in [1.807, 2.05) is 18.3 Å². The Morgan fingerprint density at radius 2 is 2.14 bits per heavy atom. The van der Waals surface area contributed by atoms with Gasteiger partial charge in [0.2, 0.25) is 0 Å². The van der Waals surface area contributed by atoms with Crippen LogP contribution in [0.15, 0.2) is 29.5 Å². The molecule has 0 radical (unpaired) electrons. The molecule has 1 aliphatic rings. The zero-order chi connectivity index (χ0) is 15.1. The van der Waals surface area contributed by atoms with Gasteiger partial charge in [0.1, 0.15) is 0 Å². The molecule has 116 valence electrons. The molecular formula is C16H27N5. The number of anilines is 1. The van der Waals surface area contributed by atoms with Crippen molar-refractivity contribution in [3.63, 3.8) is 0 Å². The van der Waals surface area contributed by atoms with Crippen LogP contribution in [0.2, 0.25) is 0 Å².